The summed E-state index contributed by atoms with van der Waals surface area (Å²) in [6.45, 7) is 3.78. The van der Waals surface area contributed by atoms with Gasteiger partial charge in [-0.25, -0.2) is 0 Å². The van der Waals surface area contributed by atoms with Crippen LogP contribution in [0.2, 0.25) is 0 Å². The summed E-state index contributed by atoms with van der Waals surface area (Å²) in [4.78, 5) is 48.4. The number of carbonyl (C=O) groups is 4. The number of hydrogen-bond donors (Lipinski definition) is 2. The van der Waals surface area contributed by atoms with E-state index in [-0.39, 0.29) is 19.5 Å². The molecule has 1 fully saturated rings. The van der Waals surface area contributed by atoms with Gasteiger partial charge in [-0.2, -0.15) is 0 Å². The van der Waals surface area contributed by atoms with Gasteiger partial charge in [0.1, 0.15) is 18.9 Å². The summed E-state index contributed by atoms with van der Waals surface area (Å²) in [5.41, 5.74) is 0.823. The molecule has 0 aliphatic carbocycles. The lowest BCUT2D eigenvalue weighted by atomic mass is 9.94. The average Bonchev–Trinajstić information content (AvgIpc) is 2.62. The van der Waals surface area contributed by atoms with Crippen molar-refractivity contribution in [3.8, 4) is 5.75 Å². The van der Waals surface area contributed by atoms with Crippen LogP contribution >= 0.6 is 0 Å². The summed E-state index contributed by atoms with van der Waals surface area (Å²) >= 11 is 0. The summed E-state index contributed by atoms with van der Waals surface area (Å²) in [7, 11) is 0. The molecule has 0 aromatic heterocycles. The number of benzene rings is 1. The molecule has 1 aromatic rings. The van der Waals surface area contributed by atoms with Crippen molar-refractivity contribution in [2.24, 2.45) is 5.92 Å². The molecule has 1 saturated heterocycles. The predicted octanol–water partition coefficient (Wildman–Crippen LogP) is 0.370. The predicted molar refractivity (Wildman–Crippen MR) is 91.3 cm³/mol. The van der Waals surface area contributed by atoms with E-state index < -0.39 is 36.0 Å². The number of Topliss-reactive ketones (excluding diaryl/α,β-unsaturated/α-hetero) is 1. The zero-order valence-electron chi connectivity index (χ0n) is 14.1. The molecule has 1 aliphatic rings. The second-order valence-electron chi connectivity index (χ2n) is 5.76. The first-order chi connectivity index (χ1) is 12.4. The third-order valence-corrected chi connectivity index (χ3v) is 3.85. The van der Waals surface area contributed by atoms with Gasteiger partial charge < -0.3 is 20.1 Å². The molecule has 8 heteroatoms. The van der Waals surface area contributed by atoms with Crippen LogP contribution in [0.4, 0.5) is 0 Å². The fourth-order valence-electron chi connectivity index (χ4n) is 2.57. The maximum Gasteiger partial charge on any atom is 0.322 e. The molecule has 2 N–H and O–H groups in total. The van der Waals surface area contributed by atoms with Crippen LogP contribution in [0.5, 0.6) is 5.75 Å². The number of carboxylic acid groups (broad SMARTS) is 1. The Labute approximate surface area is 150 Å². The van der Waals surface area contributed by atoms with Crippen LogP contribution < -0.4 is 10.1 Å². The van der Waals surface area contributed by atoms with E-state index in [9.17, 15) is 19.2 Å². The number of nitrogens with one attached hydrogen (secondary N) is 1. The minimum Gasteiger partial charge on any atom is -0.490 e. The van der Waals surface area contributed by atoms with Crippen molar-refractivity contribution >= 4 is 23.6 Å². The van der Waals surface area contributed by atoms with E-state index >= 15 is 0 Å². The number of hydrogen-bond acceptors (Lipinski definition) is 5. The van der Waals surface area contributed by atoms with Gasteiger partial charge in [0.15, 0.2) is 11.7 Å². The molecule has 0 radical (unpaired) electrons. The normalized spacial score (nSPS) is 16.9. The van der Waals surface area contributed by atoms with Crippen molar-refractivity contribution in [1.29, 1.82) is 0 Å². The SMILES string of the molecule is C=CCOc1ccc(CN2CCC(=O)C(C(=O)NCC(=O)O)C2=O)cc1. The Morgan fingerprint density at radius 1 is 1.31 bits per heavy atom. The second kappa shape index (κ2) is 8.80. The number of ether oxygens (including phenoxy) is 1. The minimum atomic E-state index is -1.49. The number of aliphatic carboxylic acids is 1. The molecular weight excluding hydrogens is 340 g/mol. The van der Waals surface area contributed by atoms with E-state index in [1.54, 1.807) is 30.3 Å². The number of rotatable bonds is 8. The van der Waals surface area contributed by atoms with Crippen molar-refractivity contribution in [2.75, 3.05) is 19.7 Å². The molecule has 0 bridgehead atoms. The molecule has 138 valence electrons. The molecule has 1 aliphatic heterocycles. The summed E-state index contributed by atoms with van der Waals surface area (Å²) in [5, 5.41) is 10.7. The monoisotopic (exact) mass is 360 g/mol. The quantitative estimate of drug-likeness (QED) is 0.512. The highest BCUT2D eigenvalue weighted by Crippen LogP contribution is 2.19. The number of likely N-dealkylation sites (tertiary alicyclic amines) is 1. The van der Waals surface area contributed by atoms with Gasteiger partial charge in [-0.05, 0) is 17.7 Å². The van der Waals surface area contributed by atoms with Crippen LogP contribution in [0.3, 0.4) is 0 Å². The standard InChI is InChI=1S/C18H20N2O6/c1-2-9-26-13-5-3-12(4-6-13)11-20-8-7-14(21)16(18(20)25)17(24)19-10-15(22)23/h2-6,16H,1,7-11H2,(H,19,24)(H,22,23). The smallest absolute Gasteiger partial charge is 0.322 e. The van der Waals surface area contributed by atoms with Crippen molar-refractivity contribution in [3.63, 3.8) is 0 Å². The number of carboxylic acids is 1. The van der Waals surface area contributed by atoms with Gasteiger partial charge in [0, 0.05) is 19.5 Å². The van der Waals surface area contributed by atoms with Gasteiger partial charge >= 0.3 is 5.97 Å². The number of nitrogens with zero attached hydrogens (tertiary/aromatic N) is 1. The second-order valence-corrected chi connectivity index (χ2v) is 5.76. The van der Waals surface area contributed by atoms with Crippen molar-refractivity contribution in [2.45, 2.75) is 13.0 Å². The van der Waals surface area contributed by atoms with E-state index in [2.05, 4.69) is 11.9 Å². The average molecular weight is 360 g/mol. The Morgan fingerprint density at radius 3 is 2.62 bits per heavy atom. The Hall–Kier alpha value is -3.16. The fourth-order valence-corrected chi connectivity index (χ4v) is 2.57. The first kappa shape index (κ1) is 19.2. The highest BCUT2D eigenvalue weighted by Gasteiger charge is 2.40. The van der Waals surface area contributed by atoms with Crippen LogP contribution in [0.15, 0.2) is 36.9 Å². The van der Waals surface area contributed by atoms with Gasteiger partial charge in [-0.1, -0.05) is 24.8 Å². The highest BCUT2D eigenvalue weighted by atomic mass is 16.5. The zero-order valence-corrected chi connectivity index (χ0v) is 14.1. The summed E-state index contributed by atoms with van der Waals surface area (Å²) in [6.07, 6.45) is 1.68. The number of ketones is 1. The first-order valence-electron chi connectivity index (χ1n) is 8.06. The number of amides is 2. The molecular formula is C18H20N2O6. The van der Waals surface area contributed by atoms with Crippen LogP contribution in [0, 0.1) is 5.92 Å². The zero-order chi connectivity index (χ0) is 19.1. The van der Waals surface area contributed by atoms with Crippen molar-refractivity contribution in [3.05, 3.63) is 42.5 Å². The van der Waals surface area contributed by atoms with Crippen LogP contribution in [-0.4, -0.2) is 53.3 Å². The Balaban J connectivity index is 2.02. The van der Waals surface area contributed by atoms with Gasteiger partial charge in [0.2, 0.25) is 11.8 Å². The molecule has 1 aromatic carbocycles. The van der Waals surface area contributed by atoms with Crippen LogP contribution in [0.1, 0.15) is 12.0 Å². The van der Waals surface area contributed by atoms with Gasteiger partial charge in [0.05, 0.1) is 0 Å². The van der Waals surface area contributed by atoms with E-state index in [0.29, 0.717) is 12.4 Å². The van der Waals surface area contributed by atoms with E-state index in [1.807, 2.05) is 0 Å². The Bertz CT molecular complexity index is 713. The van der Waals surface area contributed by atoms with Gasteiger partial charge in [-0.3, -0.25) is 19.2 Å². The highest BCUT2D eigenvalue weighted by molar-refractivity contribution is 6.19. The summed E-state index contributed by atoms with van der Waals surface area (Å²) < 4.78 is 5.39. The van der Waals surface area contributed by atoms with Crippen molar-refractivity contribution < 1.29 is 29.0 Å². The molecule has 1 atom stereocenters. The molecule has 26 heavy (non-hydrogen) atoms. The van der Waals surface area contributed by atoms with E-state index in [4.69, 9.17) is 9.84 Å². The summed E-state index contributed by atoms with van der Waals surface area (Å²) in [6, 6.07) is 7.11. The fraction of sp³-hybridized carbons (Fsp3) is 0.333. The lowest BCUT2D eigenvalue weighted by Crippen LogP contribution is -2.52. The molecule has 2 rings (SSSR count). The number of piperidine rings is 1. The third-order valence-electron chi connectivity index (χ3n) is 3.85. The molecule has 8 nitrogen and oxygen atoms in total. The molecule has 0 saturated carbocycles. The first-order valence-corrected chi connectivity index (χ1v) is 8.06. The van der Waals surface area contributed by atoms with Crippen molar-refractivity contribution in [1.82, 2.24) is 10.2 Å². The lowest BCUT2D eigenvalue weighted by molar-refractivity contribution is -0.152. The van der Waals surface area contributed by atoms with E-state index in [0.717, 1.165) is 5.56 Å². The maximum atomic E-state index is 12.5. The Kier molecular flexibility index (Phi) is 6.48. The third kappa shape index (κ3) is 4.92. The lowest BCUT2D eigenvalue weighted by Gasteiger charge is -2.30. The summed E-state index contributed by atoms with van der Waals surface area (Å²) in [5.74, 6) is -4.05. The topological polar surface area (TPSA) is 113 Å². The van der Waals surface area contributed by atoms with E-state index in [1.165, 1.54) is 4.90 Å². The molecule has 1 heterocycles. The minimum absolute atomic E-state index is 0.0530. The number of carbonyl (C=O) groups excluding carboxylic acids is 3. The molecule has 0 spiro atoms. The van der Waals surface area contributed by atoms with Gasteiger partial charge in [0.25, 0.3) is 0 Å². The van der Waals surface area contributed by atoms with Crippen LogP contribution in [0.25, 0.3) is 0 Å². The molecule has 2 amide bonds. The largest absolute Gasteiger partial charge is 0.490 e. The Morgan fingerprint density at radius 2 is 2.00 bits per heavy atom. The van der Waals surface area contributed by atoms with Crippen LogP contribution in [-0.2, 0) is 25.7 Å². The molecule has 1 unspecified atom stereocenters. The maximum absolute atomic E-state index is 12.5. The van der Waals surface area contributed by atoms with Gasteiger partial charge in [-0.15, -0.1) is 0 Å².